The van der Waals surface area contributed by atoms with Crippen LogP contribution < -0.4 is 5.32 Å². The number of halogens is 2. The fraction of sp³-hybridized carbons (Fsp3) is 0.0769. The number of hydrogen-bond acceptors (Lipinski definition) is 2. The summed E-state index contributed by atoms with van der Waals surface area (Å²) in [6.07, 6.45) is 0. The largest absolute Gasteiger partial charge is 0.306 e. The van der Waals surface area contributed by atoms with E-state index < -0.39 is 0 Å². The molecule has 1 N–H and O–H groups in total. The highest BCUT2D eigenvalue weighted by Gasteiger charge is 2.11. The molecular weight excluding hydrogens is 360 g/mol. The minimum absolute atomic E-state index is 0.184. The average Bonchev–Trinajstić information content (AvgIpc) is 2.32. The molecule has 0 radical (unpaired) electrons. The van der Waals surface area contributed by atoms with Crippen molar-refractivity contribution in [3.8, 4) is 0 Å². The Morgan fingerprint density at radius 2 is 1.89 bits per heavy atom. The molecular formula is C13H10Br2N2O. The third-order valence-corrected chi connectivity index (χ3v) is 3.89. The summed E-state index contributed by atoms with van der Waals surface area (Å²) in [5.74, 6) is 0.332. The summed E-state index contributed by atoms with van der Waals surface area (Å²) in [6, 6.07) is 10.9. The summed E-state index contributed by atoms with van der Waals surface area (Å²) in [5, 5.41) is 2.76. The van der Waals surface area contributed by atoms with Crippen molar-refractivity contribution in [1.29, 1.82) is 0 Å². The maximum absolute atomic E-state index is 12.1. The molecule has 92 valence electrons. The van der Waals surface area contributed by atoms with Gasteiger partial charge >= 0.3 is 0 Å². The van der Waals surface area contributed by atoms with Gasteiger partial charge in [0.2, 0.25) is 0 Å². The lowest BCUT2D eigenvalue weighted by Crippen LogP contribution is -2.13. The van der Waals surface area contributed by atoms with Gasteiger partial charge in [0.1, 0.15) is 10.4 Å². The number of aromatic nitrogens is 1. The molecule has 0 aliphatic carbocycles. The third-order valence-electron chi connectivity index (χ3n) is 2.39. The van der Waals surface area contributed by atoms with Crippen molar-refractivity contribution in [3.05, 3.63) is 56.6 Å². The average molecular weight is 370 g/mol. The van der Waals surface area contributed by atoms with Gasteiger partial charge in [-0.3, -0.25) is 4.79 Å². The molecule has 0 spiro atoms. The van der Waals surface area contributed by atoms with Crippen LogP contribution in [0.5, 0.6) is 0 Å². The Labute approximate surface area is 122 Å². The van der Waals surface area contributed by atoms with Gasteiger partial charge in [-0.05, 0) is 62.5 Å². The van der Waals surface area contributed by atoms with Gasteiger partial charge in [-0.1, -0.05) is 18.2 Å². The molecule has 18 heavy (non-hydrogen) atoms. The molecule has 1 aromatic carbocycles. The minimum Gasteiger partial charge on any atom is -0.306 e. The first kappa shape index (κ1) is 13.2. The zero-order valence-electron chi connectivity index (χ0n) is 9.58. The van der Waals surface area contributed by atoms with E-state index in [1.807, 2.05) is 25.1 Å². The Morgan fingerprint density at radius 3 is 2.61 bits per heavy atom. The molecule has 1 heterocycles. The number of carbonyl (C=O) groups excluding carboxylic acids is 1. The Bertz CT molecular complexity index is 599. The lowest BCUT2D eigenvalue weighted by Gasteiger charge is -2.08. The Balaban J connectivity index is 2.25. The fourth-order valence-corrected chi connectivity index (χ4v) is 2.27. The fourth-order valence-electron chi connectivity index (χ4n) is 1.48. The topological polar surface area (TPSA) is 42.0 Å². The number of hydrogen-bond donors (Lipinski definition) is 1. The van der Waals surface area contributed by atoms with Crippen LogP contribution in [0.1, 0.15) is 15.9 Å². The smallest absolute Gasteiger partial charge is 0.257 e. The lowest BCUT2D eigenvalue weighted by molar-refractivity contribution is 0.102. The second-order valence-electron chi connectivity index (χ2n) is 3.74. The molecule has 1 aromatic heterocycles. The number of benzene rings is 1. The summed E-state index contributed by atoms with van der Waals surface area (Å²) < 4.78 is 1.49. The molecule has 5 heteroatoms. The quantitative estimate of drug-likeness (QED) is 0.807. The first-order valence-corrected chi connectivity index (χ1v) is 6.85. The molecule has 0 aliphatic heterocycles. The number of rotatable bonds is 2. The van der Waals surface area contributed by atoms with Gasteiger partial charge in [0.05, 0.1) is 5.56 Å². The zero-order chi connectivity index (χ0) is 13.1. The van der Waals surface area contributed by atoms with Crippen molar-refractivity contribution < 1.29 is 4.79 Å². The highest BCUT2D eigenvalue weighted by atomic mass is 79.9. The van der Waals surface area contributed by atoms with E-state index in [9.17, 15) is 4.79 Å². The van der Waals surface area contributed by atoms with Crippen LogP contribution in [0.4, 0.5) is 5.82 Å². The van der Waals surface area contributed by atoms with Gasteiger partial charge in [0, 0.05) is 4.47 Å². The van der Waals surface area contributed by atoms with E-state index in [0.29, 0.717) is 16.0 Å². The molecule has 0 bridgehead atoms. The predicted molar refractivity (Wildman–Crippen MR) is 78.8 cm³/mol. The van der Waals surface area contributed by atoms with E-state index in [0.717, 1.165) is 10.0 Å². The normalized spacial score (nSPS) is 10.2. The number of nitrogens with one attached hydrogen (secondary N) is 1. The van der Waals surface area contributed by atoms with E-state index in [1.165, 1.54) is 0 Å². The van der Waals surface area contributed by atoms with Gasteiger partial charge in [0.25, 0.3) is 5.91 Å². The van der Waals surface area contributed by atoms with Crippen LogP contribution in [0.2, 0.25) is 0 Å². The monoisotopic (exact) mass is 368 g/mol. The van der Waals surface area contributed by atoms with Crippen LogP contribution in [0.15, 0.2) is 45.5 Å². The molecule has 0 atom stereocenters. The Morgan fingerprint density at radius 1 is 1.17 bits per heavy atom. The van der Waals surface area contributed by atoms with E-state index in [4.69, 9.17) is 0 Å². The van der Waals surface area contributed by atoms with E-state index >= 15 is 0 Å². The number of anilines is 1. The molecule has 2 rings (SSSR count). The van der Waals surface area contributed by atoms with E-state index in [1.54, 1.807) is 18.2 Å². The second-order valence-corrected chi connectivity index (χ2v) is 5.34. The zero-order valence-corrected chi connectivity index (χ0v) is 12.7. The maximum Gasteiger partial charge on any atom is 0.257 e. The maximum atomic E-state index is 12.1. The Kier molecular flexibility index (Phi) is 4.14. The Hall–Kier alpha value is -1.20. The van der Waals surface area contributed by atoms with Crippen molar-refractivity contribution in [2.75, 3.05) is 5.32 Å². The molecule has 0 fully saturated rings. The molecule has 0 saturated carbocycles. The molecule has 3 nitrogen and oxygen atoms in total. The van der Waals surface area contributed by atoms with Gasteiger partial charge in [-0.2, -0.15) is 0 Å². The molecule has 2 aromatic rings. The second kappa shape index (κ2) is 5.63. The number of aryl methyl sites for hydroxylation is 1. The third kappa shape index (κ3) is 2.97. The van der Waals surface area contributed by atoms with Crippen LogP contribution in [0, 0.1) is 6.92 Å². The molecule has 0 saturated heterocycles. The molecule has 0 aliphatic rings. The predicted octanol–water partition coefficient (Wildman–Crippen LogP) is 4.17. The first-order chi connectivity index (χ1) is 8.58. The van der Waals surface area contributed by atoms with Crippen LogP contribution in [-0.4, -0.2) is 10.9 Å². The highest BCUT2D eigenvalue weighted by molar-refractivity contribution is 9.10. The van der Waals surface area contributed by atoms with Crippen LogP contribution in [-0.2, 0) is 0 Å². The van der Waals surface area contributed by atoms with Gasteiger partial charge in [-0.25, -0.2) is 4.98 Å². The van der Waals surface area contributed by atoms with E-state index in [2.05, 4.69) is 42.2 Å². The van der Waals surface area contributed by atoms with Crippen LogP contribution in [0.25, 0.3) is 0 Å². The van der Waals surface area contributed by atoms with Gasteiger partial charge in [0.15, 0.2) is 0 Å². The van der Waals surface area contributed by atoms with Gasteiger partial charge < -0.3 is 5.32 Å². The minimum atomic E-state index is -0.184. The molecule has 1 amide bonds. The van der Waals surface area contributed by atoms with Crippen LogP contribution in [0.3, 0.4) is 0 Å². The van der Waals surface area contributed by atoms with Crippen molar-refractivity contribution in [2.24, 2.45) is 0 Å². The molecule has 0 unspecified atom stereocenters. The number of amides is 1. The SMILES string of the molecule is Cc1cccc(C(=O)Nc2cccc(Br)n2)c1Br. The highest BCUT2D eigenvalue weighted by Crippen LogP contribution is 2.22. The van der Waals surface area contributed by atoms with Crippen molar-refractivity contribution in [2.45, 2.75) is 6.92 Å². The van der Waals surface area contributed by atoms with Gasteiger partial charge in [-0.15, -0.1) is 0 Å². The first-order valence-electron chi connectivity index (χ1n) is 5.27. The number of carbonyl (C=O) groups is 1. The lowest BCUT2D eigenvalue weighted by atomic mass is 10.1. The van der Waals surface area contributed by atoms with Crippen molar-refractivity contribution in [3.63, 3.8) is 0 Å². The summed E-state index contributed by atoms with van der Waals surface area (Å²) in [6.45, 7) is 1.94. The van der Waals surface area contributed by atoms with Crippen molar-refractivity contribution >= 4 is 43.6 Å². The number of nitrogens with zero attached hydrogens (tertiary/aromatic N) is 1. The summed E-state index contributed by atoms with van der Waals surface area (Å²) in [5.41, 5.74) is 1.61. The standard InChI is InChI=1S/C13H10Br2N2O/c1-8-4-2-5-9(12(8)15)13(18)17-11-7-3-6-10(14)16-11/h2-7H,1H3,(H,16,17,18). The summed E-state index contributed by atoms with van der Waals surface area (Å²) in [4.78, 5) is 16.3. The summed E-state index contributed by atoms with van der Waals surface area (Å²) in [7, 11) is 0. The van der Waals surface area contributed by atoms with Crippen LogP contribution >= 0.6 is 31.9 Å². The van der Waals surface area contributed by atoms with Crippen molar-refractivity contribution in [1.82, 2.24) is 4.98 Å². The number of pyridine rings is 1. The van der Waals surface area contributed by atoms with E-state index in [-0.39, 0.29) is 5.91 Å². The summed E-state index contributed by atoms with van der Waals surface area (Å²) >= 11 is 6.68.